The van der Waals surface area contributed by atoms with E-state index in [2.05, 4.69) is 32.6 Å². The maximum Gasteiger partial charge on any atom is 0.295 e. The molecule has 1 atom stereocenters. The molecule has 0 bridgehead atoms. The molecular weight excluding hydrogens is 419 g/mol. The zero-order valence-electron chi connectivity index (χ0n) is 19.8. The van der Waals surface area contributed by atoms with Crippen LogP contribution in [0.4, 0.5) is 4.39 Å². The minimum Gasteiger partial charge on any atom is -0.507 e. The highest BCUT2D eigenvalue weighted by Crippen LogP contribution is 2.39. The number of nitrogens with zero attached hydrogens (tertiary/aromatic N) is 2. The Morgan fingerprint density at radius 3 is 2.18 bits per heavy atom. The van der Waals surface area contributed by atoms with Crippen LogP contribution < -0.4 is 0 Å². The lowest BCUT2D eigenvalue weighted by Crippen LogP contribution is -2.33. The van der Waals surface area contributed by atoms with Gasteiger partial charge in [-0.15, -0.1) is 0 Å². The van der Waals surface area contributed by atoms with Gasteiger partial charge in [0, 0.05) is 12.1 Å². The van der Waals surface area contributed by atoms with Crippen LogP contribution in [-0.2, 0) is 9.59 Å². The first-order valence-electron chi connectivity index (χ1n) is 11.6. The van der Waals surface area contributed by atoms with E-state index in [1.165, 1.54) is 24.3 Å². The molecule has 1 heterocycles. The monoisotopic (exact) mass is 452 g/mol. The summed E-state index contributed by atoms with van der Waals surface area (Å²) < 4.78 is 13.4. The van der Waals surface area contributed by atoms with Crippen molar-refractivity contribution in [2.45, 2.75) is 46.1 Å². The third kappa shape index (κ3) is 5.33. The highest BCUT2D eigenvalue weighted by atomic mass is 19.1. The van der Waals surface area contributed by atoms with E-state index in [1.54, 1.807) is 4.90 Å². The van der Waals surface area contributed by atoms with E-state index in [9.17, 15) is 19.1 Å². The number of aliphatic hydroxyl groups excluding tert-OH is 1. The zero-order chi connectivity index (χ0) is 24.1. The van der Waals surface area contributed by atoms with E-state index in [1.807, 2.05) is 24.3 Å². The van der Waals surface area contributed by atoms with Crippen LogP contribution in [0, 0.1) is 5.82 Å². The fourth-order valence-electron chi connectivity index (χ4n) is 4.29. The van der Waals surface area contributed by atoms with E-state index < -0.39 is 23.5 Å². The smallest absolute Gasteiger partial charge is 0.295 e. The highest BCUT2D eigenvalue weighted by molar-refractivity contribution is 6.46. The van der Waals surface area contributed by atoms with E-state index in [4.69, 9.17) is 0 Å². The predicted octanol–water partition coefficient (Wildman–Crippen LogP) is 5.10. The zero-order valence-corrected chi connectivity index (χ0v) is 19.8. The van der Waals surface area contributed by atoms with E-state index in [0.29, 0.717) is 24.4 Å². The van der Waals surface area contributed by atoms with Gasteiger partial charge in [0.2, 0.25) is 0 Å². The second kappa shape index (κ2) is 10.8. The fourth-order valence-corrected chi connectivity index (χ4v) is 4.29. The molecule has 1 amide bonds. The summed E-state index contributed by atoms with van der Waals surface area (Å²) >= 11 is 0. The number of amides is 1. The van der Waals surface area contributed by atoms with Crippen LogP contribution in [0.25, 0.3) is 5.76 Å². The Morgan fingerprint density at radius 2 is 1.64 bits per heavy atom. The Bertz CT molecular complexity index is 1010. The SMILES string of the molecule is CCN(CC)CCCN1C(=O)C(=O)C(=C(O)c2ccc(F)cc2)C1c1ccc(C(C)C)cc1. The second-order valence-corrected chi connectivity index (χ2v) is 8.70. The van der Waals surface area contributed by atoms with Crippen LogP contribution in [-0.4, -0.2) is 52.8 Å². The van der Waals surface area contributed by atoms with Gasteiger partial charge in [-0.2, -0.15) is 0 Å². The molecular formula is C27H33FN2O3. The molecule has 1 aliphatic heterocycles. The van der Waals surface area contributed by atoms with Gasteiger partial charge in [-0.25, -0.2) is 4.39 Å². The van der Waals surface area contributed by atoms with Gasteiger partial charge in [-0.3, -0.25) is 9.59 Å². The van der Waals surface area contributed by atoms with Crippen molar-refractivity contribution in [2.75, 3.05) is 26.2 Å². The third-order valence-corrected chi connectivity index (χ3v) is 6.34. The topological polar surface area (TPSA) is 60.9 Å². The number of carbonyl (C=O) groups excluding carboxylic acids is 2. The standard InChI is InChI=1S/C27H33FN2O3/c1-5-29(6-2)16-7-17-30-24(20-10-8-19(9-11-20)18(3)4)23(26(32)27(30)33)25(31)21-12-14-22(28)15-13-21/h8-15,18,24,31H,5-7,16-17H2,1-4H3. The second-order valence-electron chi connectivity index (χ2n) is 8.70. The van der Waals surface area contributed by atoms with Crippen molar-refractivity contribution in [3.05, 3.63) is 76.6 Å². The average molecular weight is 453 g/mol. The Kier molecular flexibility index (Phi) is 8.03. The molecule has 0 saturated carbocycles. The van der Waals surface area contributed by atoms with Crippen molar-refractivity contribution in [3.8, 4) is 0 Å². The van der Waals surface area contributed by atoms with Gasteiger partial charge in [-0.05, 0) is 67.4 Å². The molecule has 176 valence electrons. The Morgan fingerprint density at radius 1 is 1.03 bits per heavy atom. The molecule has 3 rings (SSSR count). The molecule has 1 unspecified atom stereocenters. The first kappa shape index (κ1) is 24.6. The van der Waals surface area contributed by atoms with Crippen molar-refractivity contribution in [1.29, 1.82) is 0 Å². The lowest BCUT2D eigenvalue weighted by molar-refractivity contribution is -0.140. The van der Waals surface area contributed by atoms with E-state index in [-0.39, 0.29) is 11.3 Å². The highest BCUT2D eigenvalue weighted by Gasteiger charge is 2.45. The first-order chi connectivity index (χ1) is 15.8. The lowest BCUT2D eigenvalue weighted by atomic mass is 9.93. The molecule has 1 fully saturated rings. The number of hydrogen-bond acceptors (Lipinski definition) is 4. The molecule has 2 aromatic carbocycles. The Hall–Kier alpha value is -2.99. The minimum absolute atomic E-state index is 0.0479. The maximum atomic E-state index is 13.4. The number of hydrogen-bond donors (Lipinski definition) is 1. The maximum absolute atomic E-state index is 13.4. The molecule has 1 N–H and O–H groups in total. The number of Topliss-reactive ketones (excluding diaryl/α,β-unsaturated/α-hetero) is 1. The van der Waals surface area contributed by atoms with Crippen LogP contribution in [0.15, 0.2) is 54.1 Å². The molecule has 1 aliphatic rings. The molecule has 0 spiro atoms. The number of rotatable bonds is 9. The van der Waals surface area contributed by atoms with Crippen molar-refractivity contribution in [2.24, 2.45) is 0 Å². The number of aliphatic hydroxyl groups is 1. The fraction of sp³-hybridized carbons (Fsp3) is 0.407. The van der Waals surface area contributed by atoms with Crippen molar-refractivity contribution in [3.63, 3.8) is 0 Å². The van der Waals surface area contributed by atoms with Crippen molar-refractivity contribution in [1.82, 2.24) is 9.80 Å². The molecule has 33 heavy (non-hydrogen) atoms. The summed E-state index contributed by atoms with van der Waals surface area (Å²) in [6, 6.07) is 12.4. The van der Waals surface area contributed by atoms with Gasteiger partial charge in [0.05, 0.1) is 11.6 Å². The number of carbonyl (C=O) groups is 2. The molecule has 0 aliphatic carbocycles. The summed E-state index contributed by atoms with van der Waals surface area (Å²) in [4.78, 5) is 29.9. The molecule has 5 nitrogen and oxygen atoms in total. The van der Waals surface area contributed by atoms with Crippen molar-refractivity contribution >= 4 is 17.4 Å². The molecule has 6 heteroatoms. The number of halogens is 1. The Labute approximate surface area is 195 Å². The predicted molar refractivity (Wildman–Crippen MR) is 128 cm³/mol. The molecule has 2 aromatic rings. The lowest BCUT2D eigenvalue weighted by Gasteiger charge is -2.27. The van der Waals surface area contributed by atoms with Gasteiger partial charge >= 0.3 is 0 Å². The van der Waals surface area contributed by atoms with Crippen LogP contribution in [0.3, 0.4) is 0 Å². The number of benzene rings is 2. The van der Waals surface area contributed by atoms with Gasteiger partial charge in [0.1, 0.15) is 11.6 Å². The van der Waals surface area contributed by atoms with Crippen LogP contribution in [0.1, 0.15) is 62.8 Å². The molecule has 0 radical (unpaired) electrons. The van der Waals surface area contributed by atoms with Gasteiger partial charge in [0.25, 0.3) is 11.7 Å². The first-order valence-corrected chi connectivity index (χ1v) is 11.6. The van der Waals surface area contributed by atoms with Crippen molar-refractivity contribution < 1.29 is 19.1 Å². The van der Waals surface area contributed by atoms with Gasteiger partial charge in [-0.1, -0.05) is 52.0 Å². The average Bonchev–Trinajstić information content (AvgIpc) is 3.07. The largest absolute Gasteiger partial charge is 0.507 e. The van der Waals surface area contributed by atoms with E-state index in [0.717, 1.165) is 30.8 Å². The van der Waals surface area contributed by atoms with Gasteiger partial charge in [0.15, 0.2) is 0 Å². The summed E-state index contributed by atoms with van der Waals surface area (Å²) in [6.07, 6.45) is 0.714. The van der Waals surface area contributed by atoms with E-state index >= 15 is 0 Å². The minimum atomic E-state index is -0.711. The normalized spacial score (nSPS) is 18.0. The van der Waals surface area contributed by atoms with Gasteiger partial charge < -0.3 is 14.9 Å². The summed E-state index contributed by atoms with van der Waals surface area (Å²) in [5.74, 6) is -1.70. The van der Waals surface area contributed by atoms with Crippen LogP contribution in [0.5, 0.6) is 0 Å². The molecule has 0 aromatic heterocycles. The quantitative estimate of drug-likeness (QED) is 0.327. The summed E-state index contributed by atoms with van der Waals surface area (Å²) in [6.45, 7) is 11.4. The summed E-state index contributed by atoms with van der Waals surface area (Å²) in [5.41, 5.74) is 2.27. The summed E-state index contributed by atoms with van der Waals surface area (Å²) in [7, 11) is 0. The molecule has 1 saturated heterocycles. The Balaban J connectivity index is 2.03. The summed E-state index contributed by atoms with van der Waals surface area (Å²) in [5, 5.41) is 11.0. The third-order valence-electron chi connectivity index (χ3n) is 6.34. The van der Waals surface area contributed by atoms with Crippen LogP contribution in [0.2, 0.25) is 0 Å². The number of likely N-dealkylation sites (tertiary alicyclic amines) is 1. The van der Waals surface area contributed by atoms with Crippen LogP contribution >= 0.6 is 0 Å². The number of ketones is 1.